The first kappa shape index (κ1) is 43.5. The number of phenolic OH excluding ortho intramolecular Hbond substituents is 1. The number of hydrogen-bond donors (Lipinski definition) is 1. The molecule has 0 spiro atoms. The van der Waals surface area contributed by atoms with Gasteiger partial charge in [0.2, 0.25) is 12.0 Å². The first-order valence-electron chi connectivity index (χ1n) is 20.7. The number of carbonyl (C=O) groups is 1. The highest BCUT2D eigenvalue weighted by atomic mass is 35.5. The molecular weight excluding hydrogens is 843 g/mol. The Morgan fingerprint density at radius 1 is 0.921 bits per heavy atom. The molecule has 4 heterocycles. The molecule has 7 aromatic rings. The third-order valence-corrected chi connectivity index (χ3v) is 12.4. The quantitative estimate of drug-likeness (QED) is 0.0929. The number of halogens is 2. The van der Waals surface area contributed by atoms with E-state index in [0.717, 1.165) is 59.9 Å². The molecule has 324 valence electrons. The Hall–Kier alpha value is -6.19. The van der Waals surface area contributed by atoms with Crippen LogP contribution in [0.5, 0.6) is 23.1 Å². The van der Waals surface area contributed by atoms with Crippen LogP contribution < -0.4 is 14.2 Å². The van der Waals surface area contributed by atoms with Crippen molar-refractivity contribution in [1.29, 1.82) is 0 Å². The standard InChI is InChI=1S/C48H46ClFN6O6S/c1-4-59-48(58)40(27-32-8-5-6-11-38(32)61-28-35-18-19-51-45(54-35)33-9-7-10-36(57)26-33)62-46-42-41(44(63-47(42)53-29-52-46)31-12-14-34(50)15-13-31)37-16-17-39(43(49)30(37)2)60-25-24-56-22-20-55(3)21-23-56/h5-19,26,29,40,57H,4,20-25,27-28H2,1-3H3/t40-/m1/s1. The highest BCUT2D eigenvalue weighted by molar-refractivity contribution is 7.22. The van der Waals surface area contributed by atoms with E-state index in [1.165, 1.54) is 29.8 Å². The molecule has 0 bridgehead atoms. The van der Waals surface area contributed by atoms with Gasteiger partial charge in [0.1, 0.15) is 47.4 Å². The number of likely N-dealkylation sites (N-methyl/N-ethyl adjacent to an activating group) is 1. The van der Waals surface area contributed by atoms with Crippen molar-refractivity contribution in [2.45, 2.75) is 33.0 Å². The van der Waals surface area contributed by atoms with Gasteiger partial charge in [0.05, 0.1) is 22.7 Å². The third-order valence-electron chi connectivity index (χ3n) is 10.8. The van der Waals surface area contributed by atoms with Crippen LogP contribution in [-0.4, -0.2) is 99.9 Å². The van der Waals surface area contributed by atoms with Crippen LogP contribution in [0.4, 0.5) is 4.39 Å². The Morgan fingerprint density at radius 3 is 2.52 bits per heavy atom. The van der Waals surface area contributed by atoms with Gasteiger partial charge in [-0.2, -0.15) is 0 Å². The summed E-state index contributed by atoms with van der Waals surface area (Å²) in [6.45, 7) is 9.19. The van der Waals surface area contributed by atoms with Gasteiger partial charge in [0.25, 0.3) is 0 Å². The molecule has 12 nitrogen and oxygen atoms in total. The number of piperazine rings is 1. The maximum Gasteiger partial charge on any atom is 0.347 e. The molecule has 1 N–H and O–H groups in total. The smallest absolute Gasteiger partial charge is 0.347 e. The van der Waals surface area contributed by atoms with Crippen molar-refractivity contribution < 1.29 is 33.2 Å². The third kappa shape index (κ3) is 10.2. The molecule has 15 heteroatoms. The Bertz CT molecular complexity index is 2710. The van der Waals surface area contributed by atoms with Crippen LogP contribution in [0.1, 0.15) is 23.7 Å². The predicted octanol–water partition coefficient (Wildman–Crippen LogP) is 9.05. The number of aromatic nitrogens is 4. The van der Waals surface area contributed by atoms with E-state index in [0.29, 0.717) is 56.0 Å². The summed E-state index contributed by atoms with van der Waals surface area (Å²) in [5.41, 5.74) is 4.99. The minimum atomic E-state index is -1.15. The van der Waals surface area contributed by atoms with Gasteiger partial charge >= 0.3 is 5.97 Å². The number of ether oxygens (including phenoxy) is 4. The minimum absolute atomic E-state index is 0.0775. The van der Waals surface area contributed by atoms with Gasteiger partial charge in [-0.1, -0.05) is 60.1 Å². The number of carbonyl (C=O) groups excluding carboxylic acids is 1. The van der Waals surface area contributed by atoms with E-state index < -0.39 is 12.1 Å². The molecule has 0 aliphatic carbocycles. The van der Waals surface area contributed by atoms with Crippen molar-refractivity contribution in [2.24, 2.45) is 0 Å². The van der Waals surface area contributed by atoms with E-state index in [9.17, 15) is 14.3 Å². The van der Waals surface area contributed by atoms with E-state index in [1.54, 1.807) is 49.5 Å². The van der Waals surface area contributed by atoms with E-state index in [-0.39, 0.29) is 37.1 Å². The molecule has 1 atom stereocenters. The molecule has 4 aromatic carbocycles. The number of esters is 1. The van der Waals surface area contributed by atoms with Crippen molar-refractivity contribution in [2.75, 3.05) is 53.0 Å². The normalized spacial score (nSPS) is 13.8. The maximum absolute atomic E-state index is 14.3. The Balaban J connectivity index is 1.11. The Kier molecular flexibility index (Phi) is 13.7. The number of phenols is 1. The summed E-state index contributed by atoms with van der Waals surface area (Å²) in [5, 5.41) is 11.0. The van der Waals surface area contributed by atoms with Crippen LogP contribution in [-0.2, 0) is 22.6 Å². The fraction of sp³-hybridized carbons (Fsp3) is 0.271. The van der Waals surface area contributed by atoms with Crippen molar-refractivity contribution in [3.05, 3.63) is 131 Å². The van der Waals surface area contributed by atoms with Gasteiger partial charge in [-0.25, -0.2) is 29.1 Å². The van der Waals surface area contributed by atoms with Crippen molar-refractivity contribution in [1.82, 2.24) is 29.7 Å². The molecule has 1 saturated heterocycles. The summed E-state index contributed by atoms with van der Waals surface area (Å²) in [6.07, 6.45) is 1.97. The van der Waals surface area contributed by atoms with Crippen LogP contribution in [0.15, 0.2) is 104 Å². The second kappa shape index (κ2) is 19.9. The van der Waals surface area contributed by atoms with E-state index in [2.05, 4.69) is 36.8 Å². The van der Waals surface area contributed by atoms with Gasteiger partial charge in [-0.15, -0.1) is 11.3 Å². The number of aromatic hydroxyl groups is 1. The predicted molar refractivity (Wildman–Crippen MR) is 242 cm³/mol. The number of nitrogens with zero attached hydrogens (tertiary/aromatic N) is 6. The molecule has 0 radical (unpaired) electrons. The zero-order valence-electron chi connectivity index (χ0n) is 35.1. The van der Waals surface area contributed by atoms with Crippen LogP contribution in [0, 0.1) is 12.7 Å². The van der Waals surface area contributed by atoms with Gasteiger partial charge in [-0.05, 0) is 85.6 Å². The molecule has 1 aliphatic rings. The lowest BCUT2D eigenvalue weighted by Gasteiger charge is -2.32. The molecule has 63 heavy (non-hydrogen) atoms. The van der Waals surface area contributed by atoms with Gasteiger partial charge in [0.15, 0.2) is 5.82 Å². The summed E-state index contributed by atoms with van der Waals surface area (Å²) in [4.78, 5) is 38.1. The summed E-state index contributed by atoms with van der Waals surface area (Å²) < 4.78 is 39.0. The topological polar surface area (TPSA) is 132 Å². The summed E-state index contributed by atoms with van der Waals surface area (Å²) in [7, 11) is 2.13. The van der Waals surface area contributed by atoms with Crippen LogP contribution in [0.25, 0.3) is 43.2 Å². The number of para-hydroxylation sites is 1. The number of fused-ring (bicyclic) bond motifs is 1. The van der Waals surface area contributed by atoms with Crippen molar-refractivity contribution >= 4 is 39.1 Å². The molecule has 1 aliphatic heterocycles. The zero-order chi connectivity index (χ0) is 43.9. The number of thiophene rings is 1. The highest BCUT2D eigenvalue weighted by Gasteiger charge is 2.29. The van der Waals surface area contributed by atoms with Crippen LogP contribution >= 0.6 is 22.9 Å². The zero-order valence-corrected chi connectivity index (χ0v) is 36.7. The van der Waals surface area contributed by atoms with Gasteiger partial charge in [0, 0.05) is 61.3 Å². The molecule has 8 rings (SSSR count). The molecule has 0 saturated carbocycles. The molecule has 0 unspecified atom stereocenters. The van der Waals surface area contributed by atoms with Gasteiger partial charge < -0.3 is 29.0 Å². The lowest BCUT2D eigenvalue weighted by atomic mass is 9.96. The summed E-state index contributed by atoms with van der Waals surface area (Å²) in [6, 6.07) is 26.0. The SMILES string of the molecule is CCOC(=O)[C@@H](Cc1ccccc1OCc1ccnc(-c2cccc(O)c2)n1)Oc1ncnc2sc(-c3ccc(F)cc3)c(-c3ccc(OCCN4CCN(C)CC4)c(Cl)c3C)c12. The second-order valence-electron chi connectivity index (χ2n) is 15.1. The van der Waals surface area contributed by atoms with Crippen LogP contribution in [0.3, 0.4) is 0 Å². The second-order valence-corrected chi connectivity index (χ2v) is 16.5. The maximum atomic E-state index is 14.3. The average molecular weight is 889 g/mol. The van der Waals surface area contributed by atoms with Gasteiger partial charge in [-0.3, -0.25) is 4.90 Å². The lowest BCUT2D eigenvalue weighted by molar-refractivity contribution is -0.151. The average Bonchev–Trinajstić information content (AvgIpc) is 3.68. The van der Waals surface area contributed by atoms with Crippen molar-refractivity contribution in [3.8, 4) is 56.1 Å². The minimum Gasteiger partial charge on any atom is -0.508 e. The first-order chi connectivity index (χ1) is 30.6. The lowest BCUT2D eigenvalue weighted by Crippen LogP contribution is -2.45. The Morgan fingerprint density at radius 2 is 1.73 bits per heavy atom. The number of benzene rings is 4. The molecule has 1 fully saturated rings. The number of hydrogen-bond acceptors (Lipinski definition) is 13. The highest BCUT2D eigenvalue weighted by Crippen LogP contribution is 2.49. The number of rotatable bonds is 16. The largest absolute Gasteiger partial charge is 0.508 e. The molecule has 3 aromatic heterocycles. The monoisotopic (exact) mass is 888 g/mol. The summed E-state index contributed by atoms with van der Waals surface area (Å²) in [5.74, 6) is 0.870. The van der Waals surface area contributed by atoms with Crippen molar-refractivity contribution in [3.63, 3.8) is 0 Å². The first-order valence-corrected chi connectivity index (χ1v) is 21.9. The molecular formula is C48H46ClFN6O6S. The van der Waals surface area contributed by atoms with Crippen LogP contribution in [0.2, 0.25) is 5.02 Å². The van der Waals surface area contributed by atoms with E-state index >= 15 is 0 Å². The van der Waals surface area contributed by atoms with E-state index in [1.807, 2.05) is 49.4 Å². The van der Waals surface area contributed by atoms with E-state index in [4.69, 9.17) is 30.5 Å². The fourth-order valence-electron chi connectivity index (χ4n) is 7.42. The Labute approximate surface area is 373 Å². The summed E-state index contributed by atoms with van der Waals surface area (Å²) >= 11 is 8.50. The molecule has 0 amide bonds. The fourth-order valence-corrected chi connectivity index (χ4v) is 8.80.